The number of nitrogens with two attached hydrogens (primary N) is 2. The number of carbonyl (C=O) groups excluding carboxylic acids is 1. The standard InChI is InChI=1S/C19H25N3OS/c1-3-22(2)12-19(13-7-5-4-6-8-13)10-9-14-15(11-19)24-18(21)16(14)17(20)23/h4-8H,3,9-12,21H2,1-2H3,(H2,20,23). The van der Waals surface area contributed by atoms with E-state index < -0.39 is 5.91 Å². The third kappa shape index (κ3) is 2.94. The van der Waals surface area contributed by atoms with Crippen molar-refractivity contribution in [2.75, 3.05) is 25.9 Å². The molecule has 0 radical (unpaired) electrons. The summed E-state index contributed by atoms with van der Waals surface area (Å²) in [6, 6.07) is 10.7. The van der Waals surface area contributed by atoms with Crippen LogP contribution in [0.2, 0.25) is 0 Å². The highest BCUT2D eigenvalue weighted by molar-refractivity contribution is 7.16. The number of fused-ring (bicyclic) bond motifs is 1. The van der Waals surface area contributed by atoms with E-state index >= 15 is 0 Å². The zero-order valence-corrected chi connectivity index (χ0v) is 15.2. The van der Waals surface area contributed by atoms with Gasteiger partial charge in [0.05, 0.1) is 10.6 Å². The van der Waals surface area contributed by atoms with Gasteiger partial charge in [0, 0.05) is 16.8 Å². The monoisotopic (exact) mass is 343 g/mol. The van der Waals surface area contributed by atoms with Crippen molar-refractivity contribution >= 4 is 22.2 Å². The van der Waals surface area contributed by atoms with E-state index in [9.17, 15) is 4.79 Å². The number of hydrogen-bond donors (Lipinski definition) is 2. The number of carbonyl (C=O) groups is 1. The number of primary amides is 1. The van der Waals surface area contributed by atoms with E-state index in [1.54, 1.807) is 0 Å². The van der Waals surface area contributed by atoms with Gasteiger partial charge in [-0.3, -0.25) is 4.79 Å². The fourth-order valence-electron chi connectivity index (χ4n) is 3.86. The zero-order valence-electron chi connectivity index (χ0n) is 14.3. The molecule has 5 heteroatoms. The highest BCUT2D eigenvalue weighted by Crippen LogP contribution is 2.44. The molecule has 4 N–H and O–H groups in total. The van der Waals surface area contributed by atoms with Crippen molar-refractivity contribution < 1.29 is 4.79 Å². The molecule has 0 spiro atoms. The average Bonchev–Trinajstić information content (AvgIpc) is 2.90. The molecular formula is C19H25N3OS. The van der Waals surface area contributed by atoms with Crippen molar-refractivity contribution in [3.63, 3.8) is 0 Å². The van der Waals surface area contributed by atoms with E-state index in [0.29, 0.717) is 10.6 Å². The Morgan fingerprint density at radius 3 is 2.67 bits per heavy atom. The van der Waals surface area contributed by atoms with Crippen LogP contribution in [0.5, 0.6) is 0 Å². The number of nitrogen functional groups attached to an aromatic ring is 1. The van der Waals surface area contributed by atoms with E-state index in [4.69, 9.17) is 11.5 Å². The molecule has 1 amide bonds. The molecule has 4 nitrogen and oxygen atoms in total. The quantitative estimate of drug-likeness (QED) is 0.877. The van der Waals surface area contributed by atoms with Crippen LogP contribution in [0.25, 0.3) is 0 Å². The molecule has 1 atom stereocenters. The van der Waals surface area contributed by atoms with Gasteiger partial charge in [-0.2, -0.15) is 0 Å². The minimum absolute atomic E-state index is 0.0607. The van der Waals surface area contributed by atoms with Gasteiger partial charge in [-0.25, -0.2) is 0 Å². The van der Waals surface area contributed by atoms with Gasteiger partial charge in [0.25, 0.3) is 5.91 Å². The number of hydrogen-bond acceptors (Lipinski definition) is 4. The topological polar surface area (TPSA) is 72.3 Å². The van der Waals surface area contributed by atoms with E-state index in [-0.39, 0.29) is 5.41 Å². The fraction of sp³-hybridized carbons (Fsp3) is 0.421. The molecule has 1 aromatic heterocycles. The Morgan fingerprint density at radius 2 is 2.04 bits per heavy atom. The summed E-state index contributed by atoms with van der Waals surface area (Å²) in [6.45, 7) is 4.19. The van der Waals surface area contributed by atoms with Crippen LogP contribution < -0.4 is 11.5 Å². The zero-order chi connectivity index (χ0) is 17.3. The fourth-order valence-corrected chi connectivity index (χ4v) is 5.13. The van der Waals surface area contributed by atoms with E-state index in [2.05, 4.69) is 49.2 Å². The first-order valence-electron chi connectivity index (χ1n) is 8.40. The maximum atomic E-state index is 11.8. The Labute approximate surface area is 147 Å². The minimum atomic E-state index is -0.400. The van der Waals surface area contributed by atoms with Gasteiger partial charge in [-0.1, -0.05) is 37.3 Å². The molecule has 0 saturated carbocycles. The summed E-state index contributed by atoms with van der Waals surface area (Å²) >= 11 is 1.54. The third-order valence-electron chi connectivity index (χ3n) is 5.22. The van der Waals surface area contributed by atoms with Crippen LogP contribution in [-0.4, -0.2) is 30.9 Å². The van der Waals surface area contributed by atoms with Crippen LogP contribution in [0.4, 0.5) is 5.00 Å². The molecule has 1 aliphatic carbocycles. The van der Waals surface area contributed by atoms with Gasteiger partial charge in [-0.05, 0) is 44.0 Å². The first kappa shape index (κ1) is 17.0. The number of thiophene rings is 1. The predicted molar refractivity (Wildman–Crippen MR) is 101 cm³/mol. The summed E-state index contributed by atoms with van der Waals surface area (Å²) in [5, 5.41) is 0.570. The second-order valence-corrected chi connectivity index (χ2v) is 7.90. The lowest BCUT2D eigenvalue weighted by Gasteiger charge is -2.40. The summed E-state index contributed by atoms with van der Waals surface area (Å²) in [6.07, 6.45) is 2.78. The maximum absolute atomic E-state index is 11.8. The predicted octanol–water partition coefficient (Wildman–Crippen LogP) is 2.81. The molecule has 1 unspecified atom stereocenters. The lowest BCUT2D eigenvalue weighted by molar-refractivity contribution is 0.1000. The number of rotatable bonds is 5. The molecular weight excluding hydrogens is 318 g/mol. The average molecular weight is 343 g/mol. The molecule has 1 aromatic carbocycles. The van der Waals surface area contributed by atoms with E-state index in [0.717, 1.165) is 37.9 Å². The van der Waals surface area contributed by atoms with Crippen LogP contribution in [0.1, 0.15) is 39.7 Å². The highest BCUT2D eigenvalue weighted by Gasteiger charge is 2.39. The normalized spacial score (nSPS) is 20.1. The molecule has 24 heavy (non-hydrogen) atoms. The number of anilines is 1. The van der Waals surface area contributed by atoms with Gasteiger partial charge < -0.3 is 16.4 Å². The molecule has 0 saturated heterocycles. The summed E-state index contributed by atoms with van der Waals surface area (Å²) in [5.74, 6) is -0.400. The first-order valence-corrected chi connectivity index (χ1v) is 9.22. The SMILES string of the molecule is CCN(C)CC1(c2ccccc2)CCc2c(sc(N)c2C(N)=O)C1. The molecule has 3 rings (SSSR count). The van der Waals surface area contributed by atoms with Crippen molar-refractivity contribution in [2.45, 2.75) is 31.6 Å². The number of amides is 1. The van der Waals surface area contributed by atoms with E-state index in [1.807, 2.05) is 0 Å². The Bertz CT molecular complexity index is 741. The van der Waals surface area contributed by atoms with Crippen LogP contribution in [0.15, 0.2) is 30.3 Å². The van der Waals surface area contributed by atoms with Crippen molar-refractivity contribution in [2.24, 2.45) is 5.73 Å². The molecule has 0 bridgehead atoms. The summed E-state index contributed by atoms with van der Waals surface area (Å²) in [4.78, 5) is 15.3. The summed E-state index contributed by atoms with van der Waals surface area (Å²) in [7, 11) is 2.16. The third-order valence-corrected chi connectivity index (χ3v) is 6.28. The van der Waals surface area contributed by atoms with Gasteiger partial charge in [0.15, 0.2) is 0 Å². The van der Waals surface area contributed by atoms with Crippen LogP contribution in [0, 0.1) is 0 Å². The molecule has 1 heterocycles. The molecule has 0 fully saturated rings. The lowest BCUT2D eigenvalue weighted by atomic mass is 9.69. The molecule has 1 aliphatic rings. The second kappa shape index (κ2) is 6.57. The van der Waals surface area contributed by atoms with Crippen molar-refractivity contribution in [1.82, 2.24) is 4.90 Å². The smallest absolute Gasteiger partial charge is 0.251 e. The summed E-state index contributed by atoms with van der Waals surface area (Å²) < 4.78 is 0. The number of likely N-dealkylation sites (N-methyl/N-ethyl adjacent to an activating group) is 1. The van der Waals surface area contributed by atoms with Gasteiger partial charge in [0.2, 0.25) is 0 Å². The van der Waals surface area contributed by atoms with Crippen LogP contribution in [0.3, 0.4) is 0 Å². The van der Waals surface area contributed by atoms with Gasteiger partial charge >= 0.3 is 0 Å². The van der Waals surface area contributed by atoms with Crippen LogP contribution in [-0.2, 0) is 18.3 Å². The Morgan fingerprint density at radius 1 is 1.33 bits per heavy atom. The minimum Gasteiger partial charge on any atom is -0.390 e. The van der Waals surface area contributed by atoms with Crippen molar-refractivity contribution in [3.8, 4) is 0 Å². The Hall–Kier alpha value is -1.85. The summed E-state index contributed by atoms with van der Waals surface area (Å²) in [5.41, 5.74) is 14.7. The Balaban J connectivity index is 2.04. The lowest BCUT2D eigenvalue weighted by Crippen LogP contribution is -2.43. The Kier molecular flexibility index (Phi) is 4.65. The maximum Gasteiger partial charge on any atom is 0.251 e. The largest absolute Gasteiger partial charge is 0.390 e. The van der Waals surface area contributed by atoms with Crippen molar-refractivity contribution in [3.05, 3.63) is 51.9 Å². The van der Waals surface area contributed by atoms with Crippen molar-refractivity contribution in [1.29, 1.82) is 0 Å². The van der Waals surface area contributed by atoms with Gasteiger partial charge in [0.1, 0.15) is 0 Å². The van der Waals surface area contributed by atoms with Gasteiger partial charge in [-0.15, -0.1) is 11.3 Å². The second-order valence-electron chi connectivity index (χ2n) is 6.76. The first-order chi connectivity index (χ1) is 11.5. The van der Waals surface area contributed by atoms with E-state index in [1.165, 1.54) is 21.8 Å². The number of nitrogens with zero attached hydrogens (tertiary/aromatic N) is 1. The molecule has 128 valence electrons. The highest BCUT2D eigenvalue weighted by atomic mass is 32.1. The molecule has 2 aromatic rings. The molecule has 0 aliphatic heterocycles. The number of benzene rings is 1. The van der Waals surface area contributed by atoms with Crippen LogP contribution >= 0.6 is 11.3 Å².